The highest BCUT2D eigenvalue weighted by molar-refractivity contribution is 6.32. The Kier molecular flexibility index (Phi) is 6.10. The summed E-state index contributed by atoms with van der Waals surface area (Å²) in [6, 6.07) is 6.71. The van der Waals surface area contributed by atoms with Gasteiger partial charge in [-0.05, 0) is 37.5 Å². The lowest BCUT2D eigenvalue weighted by molar-refractivity contribution is -0.118. The van der Waals surface area contributed by atoms with Gasteiger partial charge in [0, 0.05) is 24.2 Å². The Morgan fingerprint density at radius 2 is 2.18 bits per heavy atom. The Balaban J connectivity index is 1.73. The number of nitrogens with zero attached hydrogens (tertiary/aromatic N) is 4. The van der Waals surface area contributed by atoms with Gasteiger partial charge in [-0.15, -0.1) is 0 Å². The van der Waals surface area contributed by atoms with Gasteiger partial charge in [0.1, 0.15) is 23.9 Å². The third-order valence-corrected chi connectivity index (χ3v) is 4.48. The summed E-state index contributed by atoms with van der Waals surface area (Å²) in [5, 5.41) is 3.64. The van der Waals surface area contributed by atoms with E-state index in [4.69, 9.17) is 22.1 Å². The van der Waals surface area contributed by atoms with Gasteiger partial charge in [0.2, 0.25) is 11.9 Å². The zero-order valence-electron chi connectivity index (χ0n) is 15.6. The summed E-state index contributed by atoms with van der Waals surface area (Å²) in [6.45, 7) is 1.85. The second-order valence-corrected chi connectivity index (χ2v) is 6.68. The average molecular weight is 401 g/mol. The van der Waals surface area contributed by atoms with E-state index in [1.54, 1.807) is 42.5 Å². The van der Waals surface area contributed by atoms with E-state index in [1.807, 2.05) is 19.1 Å². The van der Waals surface area contributed by atoms with Gasteiger partial charge in [0.15, 0.2) is 0 Å². The molecular formula is C19H21ClN6O2. The minimum atomic E-state index is -0.592. The molecule has 3 rings (SSSR count). The van der Waals surface area contributed by atoms with Crippen LogP contribution in [0.5, 0.6) is 5.75 Å². The molecule has 0 aliphatic heterocycles. The predicted octanol–water partition coefficient (Wildman–Crippen LogP) is 2.53. The second kappa shape index (κ2) is 8.71. The van der Waals surface area contributed by atoms with Crippen LogP contribution in [0.15, 0.2) is 43.0 Å². The first kappa shape index (κ1) is 19.6. The molecule has 28 heavy (non-hydrogen) atoms. The number of hydrogen-bond acceptors (Lipinski definition) is 6. The molecule has 0 aliphatic rings. The van der Waals surface area contributed by atoms with Gasteiger partial charge in [-0.3, -0.25) is 9.36 Å². The third-order valence-electron chi connectivity index (χ3n) is 4.18. The summed E-state index contributed by atoms with van der Waals surface area (Å²) >= 11 is 6.16. The van der Waals surface area contributed by atoms with E-state index >= 15 is 0 Å². The third kappa shape index (κ3) is 4.77. The standard InChI is InChI=1S/C19H21ClN6O2/c1-12-9-17(25-19(23-12)26-8-7-22-11-26)24-15(18(21)27)5-3-13-4-6-16(28-2)14(20)10-13/h4,6-11,15H,3,5H2,1-2H3,(H2,21,27)(H,23,24,25). The smallest absolute Gasteiger partial charge is 0.239 e. The molecule has 1 amide bonds. The number of primary amides is 1. The van der Waals surface area contributed by atoms with Gasteiger partial charge in [0.05, 0.1) is 12.1 Å². The Morgan fingerprint density at radius 1 is 1.36 bits per heavy atom. The first-order chi connectivity index (χ1) is 13.5. The van der Waals surface area contributed by atoms with Crippen LogP contribution in [0.1, 0.15) is 17.7 Å². The van der Waals surface area contributed by atoms with Crippen molar-refractivity contribution in [2.24, 2.45) is 5.73 Å². The highest BCUT2D eigenvalue weighted by Crippen LogP contribution is 2.25. The van der Waals surface area contributed by atoms with Gasteiger partial charge in [0.25, 0.3) is 0 Å². The number of carbonyl (C=O) groups is 1. The lowest BCUT2D eigenvalue weighted by Crippen LogP contribution is -2.36. The molecule has 1 aromatic carbocycles. The maximum atomic E-state index is 11.9. The number of aromatic nitrogens is 4. The number of carbonyl (C=O) groups excluding carboxylic acids is 1. The van der Waals surface area contributed by atoms with Crippen LogP contribution in [-0.2, 0) is 11.2 Å². The molecule has 2 aromatic heterocycles. The number of nitrogens with one attached hydrogen (secondary N) is 1. The van der Waals surface area contributed by atoms with Crippen LogP contribution in [0, 0.1) is 6.92 Å². The number of rotatable bonds is 8. The zero-order valence-corrected chi connectivity index (χ0v) is 16.3. The maximum absolute atomic E-state index is 11.9. The quantitative estimate of drug-likeness (QED) is 0.601. The summed E-state index contributed by atoms with van der Waals surface area (Å²) in [6.07, 6.45) is 6.10. The Hall–Kier alpha value is -3.13. The number of anilines is 1. The largest absolute Gasteiger partial charge is 0.495 e. The number of amides is 1. The monoisotopic (exact) mass is 400 g/mol. The molecule has 0 radical (unpaired) electrons. The van der Waals surface area contributed by atoms with Crippen molar-refractivity contribution in [2.45, 2.75) is 25.8 Å². The van der Waals surface area contributed by atoms with Crippen LogP contribution in [0.2, 0.25) is 5.02 Å². The fourth-order valence-electron chi connectivity index (χ4n) is 2.76. The van der Waals surface area contributed by atoms with Crippen molar-refractivity contribution in [3.8, 4) is 11.7 Å². The van der Waals surface area contributed by atoms with Gasteiger partial charge in [-0.2, -0.15) is 4.98 Å². The zero-order chi connectivity index (χ0) is 20.1. The van der Waals surface area contributed by atoms with Crippen molar-refractivity contribution >= 4 is 23.3 Å². The molecule has 2 heterocycles. The van der Waals surface area contributed by atoms with E-state index in [-0.39, 0.29) is 0 Å². The number of halogens is 1. The summed E-state index contributed by atoms with van der Waals surface area (Å²) in [7, 11) is 1.57. The van der Waals surface area contributed by atoms with Crippen molar-refractivity contribution in [1.82, 2.24) is 19.5 Å². The number of ether oxygens (including phenoxy) is 1. The van der Waals surface area contributed by atoms with E-state index < -0.39 is 11.9 Å². The first-order valence-electron chi connectivity index (χ1n) is 8.68. The Labute approximate surface area is 167 Å². The van der Waals surface area contributed by atoms with E-state index in [2.05, 4.69) is 20.3 Å². The summed E-state index contributed by atoms with van der Waals surface area (Å²) < 4.78 is 6.85. The fraction of sp³-hybridized carbons (Fsp3) is 0.263. The van der Waals surface area contributed by atoms with Crippen LogP contribution >= 0.6 is 11.6 Å². The number of imidazole rings is 1. The summed E-state index contributed by atoms with van der Waals surface area (Å²) in [5.74, 6) is 1.14. The fourth-order valence-corrected chi connectivity index (χ4v) is 3.04. The van der Waals surface area contributed by atoms with Gasteiger partial charge in [-0.25, -0.2) is 9.97 Å². The Bertz CT molecular complexity index is 961. The molecule has 0 bridgehead atoms. The lowest BCUT2D eigenvalue weighted by atomic mass is 10.0. The summed E-state index contributed by atoms with van der Waals surface area (Å²) in [4.78, 5) is 24.8. The molecule has 146 valence electrons. The maximum Gasteiger partial charge on any atom is 0.239 e. The van der Waals surface area contributed by atoms with Crippen LogP contribution < -0.4 is 15.8 Å². The molecule has 1 atom stereocenters. The van der Waals surface area contributed by atoms with Crippen LogP contribution in [0.25, 0.3) is 5.95 Å². The predicted molar refractivity (Wildman–Crippen MR) is 107 cm³/mol. The summed E-state index contributed by atoms with van der Waals surface area (Å²) in [5.41, 5.74) is 7.33. The van der Waals surface area contributed by atoms with Crippen molar-refractivity contribution in [2.75, 3.05) is 12.4 Å². The molecular weight excluding hydrogens is 380 g/mol. The van der Waals surface area contributed by atoms with Crippen molar-refractivity contribution in [1.29, 1.82) is 0 Å². The molecule has 0 fully saturated rings. The van der Waals surface area contributed by atoms with Crippen LogP contribution in [0.4, 0.5) is 5.82 Å². The molecule has 1 unspecified atom stereocenters. The van der Waals surface area contributed by atoms with Crippen molar-refractivity contribution < 1.29 is 9.53 Å². The van der Waals surface area contributed by atoms with Gasteiger partial charge >= 0.3 is 0 Å². The first-order valence-corrected chi connectivity index (χ1v) is 9.06. The second-order valence-electron chi connectivity index (χ2n) is 6.27. The molecule has 0 spiro atoms. The van der Waals surface area contributed by atoms with Crippen molar-refractivity contribution in [3.05, 3.63) is 59.3 Å². The minimum Gasteiger partial charge on any atom is -0.495 e. The molecule has 3 aromatic rings. The number of benzene rings is 1. The molecule has 8 nitrogen and oxygen atoms in total. The minimum absolute atomic E-state index is 0.458. The molecule has 0 aliphatic carbocycles. The highest BCUT2D eigenvalue weighted by Gasteiger charge is 2.17. The number of methoxy groups -OCH3 is 1. The highest BCUT2D eigenvalue weighted by atomic mass is 35.5. The van der Waals surface area contributed by atoms with Crippen molar-refractivity contribution in [3.63, 3.8) is 0 Å². The normalized spacial score (nSPS) is 11.8. The number of hydrogen-bond donors (Lipinski definition) is 2. The van der Waals surface area contributed by atoms with Gasteiger partial charge in [-0.1, -0.05) is 17.7 Å². The Morgan fingerprint density at radius 3 is 2.82 bits per heavy atom. The van der Waals surface area contributed by atoms with Gasteiger partial charge < -0.3 is 15.8 Å². The lowest BCUT2D eigenvalue weighted by Gasteiger charge is -2.17. The topological polar surface area (TPSA) is 108 Å². The van der Waals surface area contributed by atoms with E-state index in [1.165, 1.54) is 0 Å². The van der Waals surface area contributed by atoms with Crippen LogP contribution in [-0.4, -0.2) is 38.6 Å². The number of nitrogens with two attached hydrogens (primary N) is 1. The number of aryl methyl sites for hydroxylation is 2. The average Bonchev–Trinajstić information content (AvgIpc) is 3.19. The molecule has 0 saturated carbocycles. The van der Waals surface area contributed by atoms with E-state index in [0.717, 1.165) is 11.3 Å². The van der Waals surface area contributed by atoms with E-state index in [0.29, 0.717) is 35.4 Å². The molecule has 0 saturated heterocycles. The molecule has 9 heteroatoms. The SMILES string of the molecule is COc1ccc(CCC(Nc2cc(C)nc(-n3ccnc3)n2)C(N)=O)cc1Cl. The molecule has 3 N–H and O–H groups in total. The van der Waals surface area contributed by atoms with Crippen LogP contribution in [0.3, 0.4) is 0 Å². The van der Waals surface area contributed by atoms with E-state index in [9.17, 15) is 4.79 Å².